The number of nitrogens with zero attached hydrogens (tertiary/aromatic N) is 5. The fraction of sp³-hybridized carbons (Fsp3) is 0. The second-order valence-corrected chi connectivity index (χ2v) is 14.9. The Labute approximate surface area is 348 Å². The van der Waals surface area contributed by atoms with Crippen molar-refractivity contribution in [2.45, 2.75) is 0 Å². The topological polar surface area (TPSA) is 46.8 Å². The normalized spacial score (nSPS) is 11.3. The van der Waals surface area contributed by atoms with E-state index in [1.54, 1.807) is 0 Å². The Hall–Kier alpha value is -8.15. The van der Waals surface area contributed by atoms with Crippen molar-refractivity contribution in [3.8, 4) is 51.0 Å². The van der Waals surface area contributed by atoms with Gasteiger partial charge in [0.2, 0.25) is 5.95 Å². The minimum Gasteiger partial charge on any atom is -0.310 e. The molecule has 0 bridgehead atoms. The third kappa shape index (κ3) is 6.35. The minimum atomic E-state index is 0.552. The molecule has 0 saturated heterocycles. The van der Waals surface area contributed by atoms with Crippen molar-refractivity contribution in [3.63, 3.8) is 0 Å². The zero-order valence-corrected chi connectivity index (χ0v) is 32.6. The van der Waals surface area contributed by atoms with Gasteiger partial charge in [0, 0.05) is 39.0 Å². The SMILES string of the molecule is c1ccc(-c2ccc3c4ccc(N(c5ccccc5)c5ccc(-c6cccc7ccccc67)cc5)cc4n(-c4nc(-c5ccccc5)nc(-c5ccccc5)n4)c3c2)cc1. The third-order valence-electron chi connectivity index (χ3n) is 11.2. The van der Waals surface area contributed by atoms with Gasteiger partial charge in [-0.3, -0.25) is 4.57 Å². The van der Waals surface area contributed by atoms with Crippen LogP contribution in [-0.2, 0) is 0 Å². The Morgan fingerprint density at radius 2 is 0.817 bits per heavy atom. The van der Waals surface area contributed by atoms with Gasteiger partial charge in [-0.25, -0.2) is 4.98 Å². The highest BCUT2D eigenvalue weighted by Gasteiger charge is 2.21. The molecule has 2 aromatic heterocycles. The quantitative estimate of drug-likeness (QED) is 0.154. The highest BCUT2D eigenvalue weighted by atomic mass is 15.2. The summed E-state index contributed by atoms with van der Waals surface area (Å²) in [6.07, 6.45) is 0. The summed E-state index contributed by atoms with van der Waals surface area (Å²) in [5.41, 5.74) is 11.6. The Morgan fingerprint density at radius 3 is 1.48 bits per heavy atom. The number of hydrogen-bond donors (Lipinski definition) is 0. The largest absolute Gasteiger partial charge is 0.310 e. The summed E-state index contributed by atoms with van der Waals surface area (Å²) in [4.78, 5) is 17.9. The lowest BCUT2D eigenvalue weighted by molar-refractivity contribution is 0.953. The van der Waals surface area contributed by atoms with E-state index in [1.807, 2.05) is 36.4 Å². The van der Waals surface area contributed by atoms with Crippen molar-refractivity contribution in [2.24, 2.45) is 0 Å². The summed E-state index contributed by atoms with van der Waals surface area (Å²) in [6.45, 7) is 0. The summed E-state index contributed by atoms with van der Waals surface area (Å²) in [5, 5.41) is 4.69. The highest BCUT2D eigenvalue weighted by molar-refractivity contribution is 6.11. The van der Waals surface area contributed by atoms with Crippen LogP contribution in [0.5, 0.6) is 0 Å². The van der Waals surface area contributed by atoms with E-state index in [9.17, 15) is 0 Å². The number of rotatable bonds is 8. The van der Waals surface area contributed by atoms with E-state index in [-0.39, 0.29) is 0 Å². The summed E-state index contributed by atoms with van der Waals surface area (Å²) < 4.78 is 2.22. The number of aromatic nitrogens is 4. The fourth-order valence-electron chi connectivity index (χ4n) is 8.36. The average Bonchev–Trinajstić information content (AvgIpc) is 3.66. The second-order valence-electron chi connectivity index (χ2n) is 14.9. The van der Waals surface area contributed by atoms with Crippen LogP contribution in [0, 0.1) is 0 Å². The molecule has 0 amide bonds. The first kappa shape index (κ1) is 35.0. The fourth-order valence-corrected chi connectivity index (χ4v) is 8.36. The van der Waals surface area contributed by atoms with Gasteiger partial charge in [0.25, 0.3) is 0 Å². The zero-order chi connectivity index (χ0) is 39.8. The number of anilines is 3. The van der Waals surface area contributed by atoms with Crippen LogP contribution in [0.3, 0.4) is 0 Å². The maximum atomic E-state index is 5.25. The van der Waals surface area contributed by atoms with Gasteiger partial charge in [0.05, 0.1) is 11.0 Å². The maximum Gasteiger partial charge on any atom is 0.238 e. The Bertz CT molecular complexity index is 3230. The molecule has 0 atom stereocenters. The lowest BCUT2D eigenvalue weighted by Crippen LogP contribution is -2.10. The average molecular weight is 768 g/mol. The summed E-state index contributed by atoms with van der Waals surface area (Å²) in [5.74, 6) is 1.78. The molecule has 0 unspecified atom stereocenters. The van der Waals surface area contributed by atoms with Crippen molar-refractivity contribution in [2.75, 3.05) is 4.90 Å². The molecule has 60 heavy (non-hydrogen) atoms. The standard InChI is InChI=1S/C55H37N5/c1-5-16-38(17-6-1)43-30-34-49-50-35-33-46(59(44-24-11-4-12-25-44)45-31-28-40(29-32-45)48-27-15-23-39-18-13-14-26-47(39)48)37-52(50)60(51(49)36-43)55-57-53(41-19-7-2-8-20-41)56-54(58-55)42-21-9-3-10-22-42/h1-37H. The van der Waals surface area contributed by atoms with Crippen LogP contribution in [0.15, 0.2) is 224 Å². The van der Waals surface area contributed by atoms with Crippen LogP contribution in [0.25, 0.3) is 83.6 Å². The Balaban J connectivity index is 1.14. The molecule has 0 fully saturated rings. The van der Waals surface area contributed by atoms with Gasteiger partial charge in [-0.2, -0.15) is 9.97 Å². The molecule has 5 nitrogen and oxygen atoms in total. The molecule has 282 valence electrons. The molecule has 0 saturated carbocycles. The van der Waals surface area contributed by atoms with E-state index in [0.29, 0.717) is 17.6 Å². The van der Waals surface area contributed by atoms with E-state index in [0.717, 1.165) is 61.1 Å². The molecule has 5 heteroatoms. The first-order valence-corrected chi connectivity index (χ1v) is 20.2. The summed E-state index contributed by atoms with van der Waals surface area (Å²) >= 11 is 0. The molecule has 9 aromatic carbocycles. The van der Waals surface area contributed by atoms with Crippen molar-refractivity contribution in [1.82, 2.24) is 19.5 Å². The minimum absolute atomic E-state index is 0.552. The van der Waals surface area contributed by atoms with Gasteiger partial charge in [-0.1, -0.05) is 182 Å². The lowest BCUT2D eigenvalue weighted by atomic mass is 9.98. The predicted octanol–water partition coefficient (Wildman–Crippen LogP) is 14.3. The van der Waals surface area contributed by atoms with E-state index in [1.165, 1.54) is 21.9 Å². The molecular formula is C55H37N5. The third-order valence-corrected chi connectivity index (χ3v) is 11.2. The van der Waals surface area contributed by atoms with Gasteiger partial charge in [-0.05, 0) is 75.5 Å². The van der Waals surface area contributed by atoms with Gasteiger partial charge in [-0.15, -0.1) is 0 Å². The van der Waals surface area contributed by atoms with Crippen molar-refractivity contribution in [3.05, 3.63) is 224 Å². The number of hydrogen-bond acceptors (Lipinski definition) is 4. The molecule has 0 radical (unpaired) electrons. The summed E-state index contributed by atoms with van der Waals surface area (Å²) in [7, 11) is 0. The number of para-hydroxylation sites is 1. The van der Waals surface area contributed by atoms with Crippen LogP contribution in [0.2, 0.25) is 0 Å². The van der Waals surface area contributed by atoms with Crippen LogP contribution >= 0.6 is 0 Å². The van der Waals surface area contributed by atoms with Gasteiger partial charge in [0.1, 0.15) is 0 Å². The molecule has 0 spiro atoms. The molecule has 0 aliphatic carbocycles. The van der Waals surface area contributed by atoms with Crippen LogP contribution in [0.1, 0.15) is 0 Å². The maximum absolute atomic E-state index is 5.25. The Kier molecular flexibility index (Phi) is 8.75. The number of benzene rings is 9. The molecule has 0 N–H and O–H groups in total. The van der Waals surface area contributed by atoms with Crippen molar-refractivity contribution < 1.29 is 0 Å². The van der Waals surface area contributed by atoms with Gasteiger partial charge in [0.15, 0.2) is 11.6 Å². The van der Waals surface area contributed by atoms with Crippen LogP contribution in [0.4, 0.5) is 17.1 Å². The first-order chi connectivity index (χ1) is 29.7. The zero-order valence-electron chi connectivity index (χ0n) is 32.6. The van der Waals surface area contributed by atoms with Crippen LogP contribution in [-0.4, -0.2) is 19.5 Å². The van der Waals surface area contributed by atoms with Crippen molar-refractivity contribution >= 4 is 49.6 Å². The van der Waals surface area contributed by atoms with E-state index < -0.39 is 0 Å². The predicted molar refractivity (Wildman–Crippen MR) is 248 cm³/mol. The molecule has 11 rings (SSSR count). The Morgan fingerprint density at radius 1 is 0.317 bits per heavy atom. The van der Waals surface area contributed by atoms with E-state index >= 15 is 0 Å². The molecular weight excluding hydrogens is 731 g/mol. The van der Waals surface area contributed by atoms with E-state index in [4.69, 9.17) is 15.0 Å². The second kappa shape index (κ2) is 15.0. The molecule has 11 aromatic rings. The van der Waals surface area contributed by atoms with Gasteiger partial charge >= 0.3 is 0 Å². The first-order valence-electron chi connectivity index (χ1n) is 20.2. The van der Waals surface area contributed by atoms with Gasteiger partial charge < -0.3 is 4.90 Å². The lowest BCUT2D eigenvalue weighted by Gasteiger charge is -2.26. The van der Waals surface area contributed by atoms with Crippen LogP contribution < -0.4 is 4.90 Å². The molecule has 0 aliphatic rings. The number of fused-ring (bicyclic) bond motifs is 4. The summed E-state index contributed by atoms with van der Waals surface area (Å²) in [6, 6.07) is 78.8. The monoisotopic (exact) mass is 767 g/mol. The van der Waals surface area contributed by atoms with E-state index in [2.05, 4.69) is 198 Å². The van der Waals surface area contributed by atoms with Crippen molar-refractivity contribution in [1.29, 1.82) is 0 Å². The molecule has 2 heterocycles. The highest BCUT2D eigenvalue weighted by Crippen LogP contribution is 2.41. The smallest absolute Gasteiger partial charge is 0.238 e. The molecule has 0 aliphatic heterocycles.